The van der Waals surface area contributed by atoms with Crippen LogP contribution in [0.15, 0.2) is 24.8 Å². The van der Waals surface area contributed by atoms with Crippen LogP contribution in [0.25, 0.3) is 0 Å². The summed E-state index contributed by atoms with van der Waals surface area (Å²) in [6, 6.07) is 3.20. The van der Waals surface area contributed by atoms with Gasteiger partial charge in [-0.05, 0) is 12.1 Å². The maximum absolute atomic E-state index is 11.7. The van der Waals surface area contributed by atoms with Crippen LogP contribution in [0.3, 0.4) is 0 Å². The van der Waals surface area contributed by atoms with Gasteiger partial charge < -0.3 is 14.4 Å². The van der Waals surface area contributed by atoms with Gasteiger partial charge in [0, 0.05) is 6.07 Å². The number of benzene rings is 1. The first-order valence-electron chi connectivity index (χ1n) is 5.45. The fourth-order valence-electron chi connectivity index (χ4n) is 1.87. The van der Waals surface area contributed by atoms with Gasteiger partial charge in [0.05, 0.1) is 24.9 Å². The van der Waals surface area contributed by atoms with Crippen LogP contribution >= 0.6 is 0 Å². The topological polar surface area (TPSA) is 55.8 Å². The van der Waals surface area contributed by atoms with Crippen LogP contribution in [0.5, 0.6) is 11.5 Å². The monoisotopic (exact) mass is 247 g/mol. The Hall–Kier alpha value is -2.30. The normalized spacial score (nSPS) is 13.3. The van der Waals surface area contributed by atoms with E-state index < -0.39 is 0 Å². The molecule has 5 nitrogen and oxygen atoms in total. The van der Waals surface area contributed by atoms with E-state index in [1.54, 1.807) is 17.0 Å². The number of aldehydes is 1. The van der Waals surface area contributed by atoms with E-state index in [0.29, 0.717) is 42.2 Å². The van der Waals surface area contributed by atoms with Crippen LogP contribution in [0, 0.1) is 0 Å². The number of rotatable bonds is 3. The summed E-state index contributed by atoms with van der Waals surface area (Å²) in [6.45, 7) is 4.30. The number of methoxy groups -OCH3 is 1. The fraction of sp³-hybridized carbons (Fsp3) is 0.231. The number of carbonyl (C=O) groups is 2. The molecule has 0 aromatic heterocycles. The van der Waals surface area contributed by atoms with E-state index in [9.17, 15) is 9.59 Å². The SMILES string of the molecule is C=CC(=O)N1CCOc2cc(C=O)c(OC)cc21. The Bertz CT molecular complexity index is 510. The summed E-state index contributed by atoms with van der Waals surface area (Å²) in [5.41, 5.74) is 0.984. The highest BCUT2D eigenvalue weighted by Gasteiger charge is 2.24. The molecule has 1 amide bonds. The maximum Gasteiger partial charge on any atom is 0.250 e. The van der Waals surface area contributed by atoms with Crippen molar-refractivity contribution in [3.63, 3.8) is 0 Å². The second-order valence-electron chi connectivity index (χ2n) is 3.72. The molecule has 0 unspecified atom stereocenters. The van der Waals surface area contributed by atoms with Crippen molar-refractivity contribution in [3.8, 4) is 11.5 Å². The van der Waals surface area contributed by atoms with E-state index in [2.05, 4.69) is 6.58 Å². The smallest absolute Gasteiger partial charge is 0.250 e. The molecule has 0 fully saturated rings. The van der Waals surface area contributed by atoms with E-state index in [-0.39, 0.29) is 5.91 Å². The van der Waals surface area contributed by atoms with Crippen LogP contribution in [0.2, 0.25) is 0 Å². The number of ether oxygens (including phenoxy) is 2. The van der Waals surface area contributed by atoms with Gasteiger partial charge in [0.2, 0.25) is 0 Å². The van der Waals surface area contributed by atoms with Gasteiger partial charge in [-0.3, -0.25) is 9.59 Å². The molecule has 0 saturated carbocycles. The molecule has 94 valence electrons. The van der Waals surface area contributed by atoms with Crippen LogP contribution in [-0.2, 0) is 4.79 Å². The number of hydrogen-bond donors (Lipinski definition) is 0. The lowest BCUT2D eigenvalue weighted by Gasteiger charge is -2.29. The minimum atomic E-state index is -0.208. The molecule has 0 aliphatic carbocycles. The number of nitrogens with zero attached hydrogens (tertiary/aromatic N) is 1. The van der Waals surface area contributed by atoms with E-state index in [1.165, 1.54) is 13.2 Å². The standard InChI is InChI=1S/C13H13NO4/c1-3-13(16)14-4-5-18-12-6-9(8-15)11(17-2)7-10(12)14/h3,6-8H,1,4-5H2,2H3. The predicted octanol–water partition coefficient (Wildman–Crippen LogP) is 1.42. The number of amides is 1. The van der Waals surface area contributed by atoms with E-state index in [0.717, 1.165) is 0 Å². The average molecular weight is 247 g/mol. The van der Waals surface area contributed by atoms with Crippen molar-refractivity contribution in [1.29, 1.82) is 0 Å². The molecular formula is C13H13NO4. The molecule has 1 aromatic rings. The molecule has 1 aliphatic rings. The largest absolute Gasteiger partial charge is 0.496 e. The first-order valence-corrected chi connectivity index (χ1v) is 5.45. The van der Waals surface area contributed by atoms with E-state index >= 15 is 0 Å². The summed E-state index contributed by atoms with van der Waals surface area (Å²) in [7, 11) is 1.47. The predicted molar refractivity (Wildman–Crippen MR) is 66.4 cm³/mol. The molecule has 0 saturated heterocycles. The molecule has 0 N–H and O–H groups in total. The quantitative estimate of drug-likeness (QED) is 0.598. The molecule has 0 radical (unpaired) electrons. The maximum atomic E-state index is 11.7. The van der Waals surface area contributed by atoms with Gasteiger partial charge in [-0.25, -0.2) is 0 Å². The molecule has 2 rings (SSSR count). The van der Waals surface area contributed by atoms with Crippen molar-refractivity contribution < 1.29 is 19.1 Å². The lowest BCUT2D eigenvalue weighted by atomic mass is 10.1. The first-order chi connectivity index (χ1) is 8.71. The molecular weight excluding hydrogens is 234 g/mol. The third-order valence-electron chi connectivity index (χ3n) is 2.74. The van der Waals surface area contributed by atoms with Crippen molar-refractivity contribution >= 4 is 17.9 Å². The number of carbonyl (C=O) groups excluding carboxylic acids is 2. The zero-order valence-electron chi connectivity index (χ0n) is 10.0. The Kier molecular flexibility index (Phi) is 3.32. The molecule has 1 heterocycles. The molecule has 18 heavy (non-hydrogen) atoms. The molecule has 0 bridgehead atoms. The van der Waals surface area contributed by atoms with Crippen LogP contribution in [-0.4, -0.2) is 32.5 Å². The Morgan fingerprint density at radius 1 is 1.56 bits per heavy atom. The summed E-state index contributed by atoms with van der Waals surface area (Å²) < 4.78 is 10.6. The Morgan fingerprint density at radius 2 is 2.33 bits per heavy atom. The van der Waals surface area contributed by atoms with Crippen LogP contribution in [0.1, 0.15) is 10.4 Å². The average Bonchev–Trinajstić information content (AvgIpc) is 2.44. The van der Waals surface area contributed by atoms with Gasteiger partial charge in [-0.15, -0.1) is 0 Å². The molecule has 0 atom stereocenters. The Morgan fingerprint density at radius 3 is 2.94 bits per heavy atom. The van der Waals surface area contributed by atoms with Gasteiger partial charge in [-0.1, -0.05) is 6.58 Å². The summed E-state index contributed by atoms with van der Waals surface area (Å²) in [4.78, 5) is 24.2. The van der Waals surface area contributed by atoms with Crippen LogP contribution < -0.4 is 14.4 Å². The summed E-state index contributed by atoms with van der Waals surface area (Å²) in [6.07, 6.45) is 1.94. The van der Waals surface area contributed by atoms with Gasteiger partial charge in [0.15, 0.2) is 6.29 Å². The fourth-order valence-corrected chi connectivity index (χ4v) is 1.87. The van der Waals surface area contributed by atoms with Crippen molar-refractivity contribution in [2.45, 2.75) is 0 Å². The van der Waals surface area contributed by atoms with Gasteiger partial charge in [0.25, 0.3) is 5.91 Å². The summed E-state index contributed by atoms with van der Waals surface area (Å²) in [5.74, 6) is 0.705. The van der Waals surface area contributed by atoms with Crippen molar-refractivity contribution in [3.05, 3.63) is 30.4 Å². The number of anilines is 1. The van der Waals surface area contributed by atoms with Gasteiger partial charge in [-0.2, -0.15) is 0 Å². The minimum Gasteiger partial charge on any atom is -0.496 e. The second-order valence-corrected chi connectivity index (χ2v) is 3.72. The number of fused-ring (bicyclic) bond motifs is 1. The summed E-state index contributed by atoms with van der Waals surface area (Å²) >= 11 is 0. The Labute approximate surface area is 105 Å². The van der Waals surface area contributed by atoms with Gasteiger partial charge in [0.1, 0.15) is 18.1 Å². The minimum absolute atomic E-state index is 0.208. The highest BCUT2D eigenvalue weighted by atomic mass is 16.5. The zero-order chi connectivity index (χ0) is 13.1. The first kappa shape index (κ1) is 12.2. The second kappa shape index (κ2) is 4.91. The van der Waals surface area contributed by atoms with Crippen molar-refractivity contribution in [2.24, 2.45) is 0 Å². The number of hydrogen-bond acceptors (Lipinski definition) is 4. The van der Waals surface area contributed by atoms with E-state index in [4.69, 9.17) is 9.47 Å². The zero-order valence-corrected chi connectivity index (χ0v) is 10.0. The highest BCUT2D eigenvalue weighted by Crippen LogP contribution is 2.37. The van der Waals surface area contributed by atoms with E-state index in [1.807, 2.05) is 0 Å². The molecule has 1 aliphatic heterocycles. The molecule has 0 spiro atoms. The summed E-state index contributed by atoms with van der Waals surface area (Å²) in [5, 5.41) is 0. The van der Waals surface area contributed by atoms with Crippen molar-refractivity contribution in [2.75, 3.05) is 25.2 Å². The van der Waals surface area contributed by atoms with Crippen LogP contribution in [0.4, 0.5) is 5.69 Å². The third kappa shape index (κ3) is 1.95. The van der Waals surface area contributed by atoms with Gasteiger partial charge >= 0.3 is 0 Å². The Balaban J connectivity index is 2.53. The van der Waals surface area contributed by atoms with Crippen molar-refractivity contribution in [1.82, 2.24) is 0 Å². The molecule has 1 aromatic carbocycles. The lowest BCUT2D eigenvalue weighted by molar-refractivity contribution is -0.114. The molecule has 5 heteroatoms. The highest BCUT2D eigenvalue weighted by molar-refractivity contribution is 6.03. The third-order valence-corrected chi connectivity index (χ3v) is 2.74. The lowest BCUT2D eigenvalue weighted by Crippen LogP contribution is -2.36.